The lowest BCUT2D eigenvalue weighted by atomic mass is 10.2. The van der Waals surface area contributed by atoms with Crippen LogP contribution in [0, 0.1) is 17.2 Å². The zero-order valence-electron chi connectivity index (χ0n) is 11.8. The molecule has 0 aliphatic heterocycles. The molecule has 0 amide bonds. The lowest BCUT2D eigenvalue weighted by Gasteiger charge is -2.15. The molecule has 0 saturated carbocycles. The van der Waals surface area contributed by atoms with Crippen LogP contribution < -0.4 is 0 Å². The van der Waals surface area contributed by atoms with Crippen molar-refractivity contribution in [2.75, 3.05) is 7.11 Å². The van der Waals surface area contributed by atoms with Crippen LogP contribution in [0.5, 0.6) is 0 Å². The van der Waals surface area contributed by atoms with Crippen LogP contribution in [0.15, 0.2) is 18.2 Å². The molecule has 2 rings (SSSR count). The van der Waals surface area contributed by atoms with Crippen molar-refractivity contribution in [1.29, 1.82) is 5.26 Å². The van der Waals surface area contributed by atoms with E-state index in [9.17, 15) is 0 Å². The Balaban J connectivity index is 2.62. The largest absolute Gasteiger partial charge is 0.374 e. The normalized spacial score (nSPS) is 12.8. The van der Waals surface area contributed by atoms with Crippen LogP contribution in [0.3, 0.4) is 0 Å². The number of nitrogens with zero attached hydrogens (tertiary/aromatic N) is 3. The van der Waals surface area contributed by atoms with E-state index in [0.29, 0.717) is 11.5 Å². The Kier molecular flexibility index (Phi) is 3.87. The molecule has 19 heavy (non-hydrogen) atoms. The van der Waals surface area contributed by atoms with E-state index in [0.717, 1.165) is 23.4 Å². The number of rotatable bonds is 4. The third-order valence-corrected chi connectivity index (χ3v) is 3.17. The molecule has 0 aliphatic carbocycles. The molecule has 2 aromatic rings. The van der Waals surface area contributed by atoms with Crippen molar-refractivity contribution in [1.82, 2.24) is 9.55 Å². The van der Waals surface area contributed by atoms with Gasteiger partial charge in [0.25, 0.3) is 0 Å². The van der Waals surface area contributed by atoms with Crippen LogP contribution >= 0.6 is 0 Å². The van der Waals surface area contributed by atoms with Crippen LogP contribution in [-0.4, -0.2) is 16.7 Å². The van der Waals surface area contributed by atoms with Crippen molar-refractivity contribution < 1.29 is 4.74 Å². The molecular formula is C15H19N3O. The third-order valence-electron chi connectivity index (χ3n) is 3.17. The van der Waals surface area contributed by atoms with Gasteiger partial charge in [0.05, 0.1) is 22.7 Å². The fourth-order valence-electron chi connectivity index (χ4n) is 2.19. The fourth-order valence-corrected chi connectivity index (χ4v) is 2.19. The molecule has 1 unspecified atom stereocenters. The molecule has 100 valence electrons. The molecule has 0 bridgehead atoms. The number of ether oxygens (including phenoxy) is 1. The van der Waals surface area contributed by atoms with Gasteiger partial charge in [-0.05, 0) is 31.0 Å². The topological polar surface area (TPSA) is 50.8 Å². The lowest BCUT2D eigenvalue weighted by Crippen LogP contribution is -2.11. The number of methoxy groups -OCH3 is 1. The van der Waals surface area contributed by atoms with Gasteiger partial charge in [-0.2, -0.15) is 5.26 Å². The van der Waals surface area contributed by atoms with Gasteiger partial charge >= 0.3 is 0 Å². The Morgan fingerprint density at radius 2 is 2.11 bits per heavy atom. The van der Waals surface area contributed by atoms with Gasteiger partial charge in [0.1, 0.15) is 11.9 Å². The molecule has 0 saturated heterocycles. The van der Waals surface area contributed by atoms with E-state index in [1.807, 2.05) is 25.1 Å². The van der Waals surface area contributed by atoms with Crippen molar-refractivity contribution in [3.8, 4) is 6.07 Å². The van der Waals surface area contributed by atoms with Crippen LogP contribution in [0.2, 0.25) is 0 Å². The van der Waals surface area contributed by atoms with E-state index >= 15 is 0 Å². The van der Waals surface area contributed by atoms with Crippen molar-refractivity contribution in [3.63, 3.8) is 0 Å². The predicted octanol–water partition coefficient (Wildman–Crippen LogP) is 3.27. The predicted molar refractivity (Wildman–Crippen MR) is 74.7 cm³/mol. The molecule has 1 aromatic heterocycles. The number of aromatic nitrogens is 2. The summed E-state index contributed by atoms with van der Waals surface area (Å²) in [5.41, 5.74) is 2.56. The quantitative estimate of drug-likeness (QED) is 0.844. The van der Waals surface area contributed by atoms with Crippen molar-refractivity contribution in [2.45, 2.75) is 33.4 Å². The van der Waals surface area contributed by atoms with Crippen LogP contribution in [0.4, 0.5) is 0 Å². The molecular weight excluding hydrogens is 238 g/mol. The van der Waals surface area contributed by atoms with Gasteiger partial charge in [0.2, 0.25) is 0 Å². The fraction of sp³-hybridized carbons (Fsp3) is 0.467. The Hall–Kier alpha value is -1.86. The molecule has 1 heterocycles. The van der Waals surface area contributed by atoms with Gasteiger partial charge in [0.15, 0.2) is 0 Å². The molecule has 0 radical (unpaired) electrons. The SMILES string of the molecule is COC(C)c1nc2cc(C#N)ccc2n1CC(C)C. The molecule has 0 spiro atoms. The smallest absolute Gasteiger partial charge is 0.138 e. The molecule has 4 heteroatoms. The summed E-state index contributed by atoms with van der Waals surface area (Å²) in [5, 5.41) is 8.96. The summed E-state index contributed by atoms with van der Waals surface area (Å²) in [6, 6.07) is 7.79. The summed E-state index contributed by atoms with van der Waals surface area (Å²) in [5.74, 6) is 1.44. The first-order valence-electron chi connectivity index (χ1n) is 6.50. The highest BCUT2D eigenvalue weighted by Crippen LogP contribution is 2.24. The first-order chi connectivity index (χ1) is 9.06. The molecule has 4 nitrogen and oxygen atoms in total. The second-order valence-corrected chi connectivity index (χ2v) is 5.17. The monoisotopic (exact) mass is 257 g/mol. The summed E-state index contributed by atoms with van der Waals surface area (Å²) in [7, 11) is 1.68. The zero-order chi connectivity index (χ0) is 14.0. The van der Waals surface area contributed by atoms with Gasteiger partial charge in [0, 0.05) is 13.7 Å². The highest BCUT2D eigenvalue weighted by Gasteiger charge is 2.17. The first kappa shape index (κ1) is 13.6. The molecule has 0 fully saturated rings. The standard InChI is InChI=1S/C15H19N3O/c1-10(2)9-18-14-6-5-12(8-16)7-13(14)17-15(18)11(3)19-4/h5-7,10-11H,9H2,1-4H3. The van der Waals surface area contributed by atoms with E-state index in [1.54, 1.807) is 7.11 Å². The van der Waals surface area contributed by atoms with E-state index in [1.165, 1.54) is 0 Å². The molecule has 1 atom stereocenters. The van der Waals surface area contributed by atoms with Crippen LogP contribution in [-0.2, 0) is 11.3 Å². The highest BCUT2D eigenvalue weighted by molar-refractivity contribution is 5.77. The van der Waals surface area contributed by atoms with Gasteiger partial charge < -0.3 is 9.30 Å². The molecule has 0 N–H and O–H groups in total. The van der Waals surface area contributed by atoms with Gasteiger partial charge in [-0.1, -0.05) is 13.8 Å². The van der Waals surface area contributed by atoms with Crippen LogP contribution in [0.25, 0.3) is 11.0 Å². The van der Waals surface area contributed by atoms with E-state index in [-0.39, 0.29) is 6.10 Å². The van der Waals surface area contributed by atoms with Gasteiger partial charge in [-0.25, -0.2) is 4.98 Å². The Labute approximate surface area is 113 Å². The molecule has 1 aromatic carbocycles. The van der Waals surface area contributed by atoms with Crippen molar-refractivity contribution in [2.24, 2.45) is 5.92 Å². The summed E-state index contributed by atoms with van der Waals surface area (Å²) < 4.78 is 7.59. The minimum absolute atomic E-state index is 0.0586. The Bertz CT molecular complexity index is 622. The molecule has 0 aliphatic rings. The first-order valence-corrected chi connectivity index (χ1v) is 6.50. The second kappa shape index (κ2) is 5.41. The minimum atomic E-state index is -0.0586. The lowest BCUT2D eigenvalue weighted by molar-refractivity contribution is 0.108. The highest BCUT2D eigenvalue weighted by atomic mass is 16.5. The van der Waals surface area contributed by atoms with E-state index in [2.05, 4.69) is 29.5 Å². The number of fused-ring (bicyclic) bond motifs is 1. The number of hydrogen-bond donors (Lipinski definition) is 0. The maximum Gasteiger partial charge on any atom is 0.138 e. The zero-order valence-corrected chi connectivity index (χ0v) is 11.8. The minimum Gasteiger partial charge on any atom is -0.374 e. The Morgan fingerprint density at radius 1 is 1.37 bits per heavy atom. The maximum atomic E-state index is 8.96. The van der Waals surface area contributed by atoms with Gasteiger partial charge in [-0.15, -0.1) is 0 Å². The number of benzene rings is 1. The van der Waals surface area contributed by atoms with Crippen LogP contribution in [0.1, 0.15) is 38.3 Å². The Morgan fingerprint density at radius 3 is 2.68 bits per heavy atom. The summed E-state index contributed by atoms with van der Waals surface area (Å²) in [4.78, 5) is 4.63. The average Bonchev–Trinajstić information content (AvgIpc) is 2.75. The summed E-state index contributed by atoms with van der Waals surface area (Å²) in [6.07, 6.45) is -0.0586. The third kappa shape index (κ3) is 2.61. The second-order valence-electron chi connectivity index (χ2n) is 5.17. The van der Waals surface area contributed by atoms with Gasteiger partial charge in [-0.3, -0.25) is 0 Å². The van der Waals surface area contributed by atoms with E-state index in [4.69, 9.17) is 10.00 Å². The number of imidazole rings is 1. The summed E-state index contributed by atoms with van der Waals surface area (Å²) >= 11 is 0. The van der Waals surface area contributed by atoms with Crippen molar-refractivity contribution >= 4 is 11.0 Å². The maximum absolute atomic E-state index is 8.96. The average molecular weight is 257 g/mol. The van der Waals surface area contributed by atoms with E-state index < -0.39 is 0 Å². The number of hydrogen-bond acceptors (Lipinski definition) is 3. The van der Waals surface area contributed by atoms with Crippen molar-refractivity contribution in [3.05, 3.63) is 29.6 Å². The number of nitriles is 1. The summed E-state index contributed by atoms with van der Waals surface area (Å²) in [6.45, 7) is 7.24.